The van der Waals surface area contributed by atoms with Gasteiger partial charge in [-0.25, -0.2) is 0 Å². The summed E-state index contributed by atoms with van der Waals surface area (Å²) in [7, 11) is -4.61. The smallest absolute Gasteiger partial charge is 0.306 e. The van der Waals surface area contributed by atoms with Gasteiger partial charge in [0.1, 0.15) is 36.8 Å². The molecule has 1 heterocycles. The van der Waals surface area contributed by atoms with Crippen LogP contribution in [0.4, 0.5) is 0 Å². The highest BCUT2D eigenvalue weighted by Gasteiger charge is 2.46. The zero-order valence-corrected chi connectivity index (χ0v) is 40.2. The molecule has 1 aliphatic heterocycles. The third-order valence-electron chi connectivity index (χ3n) is 10.8. The van der Waals surface area contributed by atoms with E-state index in [-0.39, 0.29) is 19.4 Å². The van der Waals surface area contributed by atoms with E-state index in [1.165, 1.54) is 83.5 Å². The molecule has 0 radical (unpaired) electrons. The van der Waals surface area contributed by atoms with Gasteiger partial charge in [-0.3, -0.25) is 14.1 Å². The number of carbonyl (C=O) groups is 2. The van der Waals surface area contributed by atoms with Gasteiger partial charge in [0.15, 0.2) is 12.4 Å². The first-order valence-corrected chi connectivity index (χ1v) is 26.1. The lowest BCUT2D eigenvalue weighted by Crippen LogP contribution is -2.60. The maximum absolute atomic E-state index is 12.8. The fourth-order valence-electron chi connectivity index (χ4n) is 7.06. The lowest BCUT2D eigenvalue weighted by molar-refractivity contribution is -0.297. The molecule has 1 fully saturated rings. The average Bonchev–Trinajstić information content (AvgIpc) is 3.26. The van der Waals surface area contributed by atoms with Crippen LogP contribution in [0.5, 0.6) is 0 Å². The van der Waals surface area contributed by atoms with Crippen molar-refractivity contribution in [1.29, 1.82) is 0 Å². The molecular formula is C51H86O12S. The van der Waals surface area contributed by atoms with Gasteiger partial charge in [0.25, 0.3) is 10.1 Å². The van der Waals surface area contributed by atoms with Crippen LogP contribution in [-0.2, 0) is 38.7 Å². The summed E-state index contributed by atoms with van der Waals surface area (Å²) in [5.41, 5.74) is 0. The minimum absolute atomic E-state index is 0.0921. The van der Waals surface area contributed by atoms with Crippen molar-refractivity contribution in [3.05, 3.63) is 72.9 Å². The molecule has 13 heteroatoms. The predicted molar refractivity (Wildman–Crippen MR) is 256 cm³/mol. The van der Waals surface area contributed by atoms with Gasteiger partial charge in [-0.05, 0) is 51.4 Å². The minimum atomic E-state index is -4.61. The summed E-state index contributed by atoms with van der Waals surface area (Å²) < 4.78 is 54.1. The molecule has 0 spiro atoms. The van der Waals surface area contributed by atoms with E-state index < -0.39 is 71.2 Å². The molecule has 368 valence electrons. The normalized spacial score (nSPS) is 20.2. The summed E-state index contributed by atoms with van der Waals surface area (Å²) in [5, 5.41) is 30.9. The van der Waals surface area contributed by atoms with Gasteiger partial charge in [-0.1, -0.05) is 189 Å². The van der Waals surface area contributed by atoms with Crippen molar-refractivity contribution in [2.45, 2.75) is 218 Å². The van der Waals surface area contributed by atoms with Crippen LogP contribution in [0.3, 0.4) is 0 Å². The topological polar surface area (TPSA) is 186 Å². The van der Waals surface area contributed by atoms with Crippen molar-refractivity contribution in [3.8, 4) is 0 Å². The number of carbonyl (C=O) groups excluding carboxylic acids is 2. The van der Waals surface area contributed by atoms with Crippen LogP contribution in [-0.4, -0.2) is 96.0 Å². The zero-order chi connectivity index (χ0) is 46.9. The lowest BCUT2D eigenvalue weighted by atomic mass is 10.00. The molecule has 0 amide bonds. The van der Waals surface area contributed by atoms with E-state index in [9.17, 15) is 37.9 Å². The van der Waals surface area contributed by atoms with E-state index in [4.69, 9.17) is 18.9 Å². The molecule has 0 aromatic rings. The van der Waals surface area contributed by atoms with Gasteiger partial charge in [0.05, 0.1) is 6.61 Å². The molecule has 2 unspecified atom stereocenters. The molecular weight excluding hydrogens is 837 g/mol. The van der Waals surface area contributed by atoms with Gasteiger partial charge < -0.3 is 34.3 Å². The molecule has 4 N–H and O–H groups in total. The molecule has 0 aromatic carbocycles. The first-order chi connectivity index (χ1) is 31.0. The van der Waals surface area contributed by atoms with Gasteiger partial charge in [-0.15, -0.1) is 0 Å². The fraction of sp³-hybridized carbons (Fsp3) is 0.725. The van der Waals surface area contributed by atoms with Gasteiger partial charge in [0, 0.05) is 12.8 Å². The second-order valence-electron chi connectivity index (χ2n) is 16.8. The van der Waals surface area contributed by atoms with Crippen LogP contribution >= 0.6 is 0 Å². The van der Waals surface area contributed by atoms with Crippen molar-refractivity contribution in [2.24, 2.45) is 0 Å². The average molecular weight is 923 g/mol. The molecule has 1 saturated heterocycles. The molecule has 64 heavy (non-hydrogen) atoms. The highest BCUT2D eigenvalue weighted by Crippen LogP contribution is 2.24. The van der Waals surface area contributed by atoms with Crippen molar-refractivity contribution < 1.29 is 56.8 Å². The zero-order valence-electron chi connectivity index (χ0n) is 39.4. The van der Waals surface area contributed by atoms with E-state index in [1.54, 1.807) is 0 Å². The third kappa shape index (κ3) is 34.4. The minimum Gasteiger partial charge on any atom is -0.462 e. The molecule has 0 aliphatic carbocycles. The summed E-state index contributed by atoms with van der Waals surface area (Å²) >= 11 is 0. The molecule has 0 aromatic heterocycles. The Kier molecular flexibility index (Phi) is 37.3. The van der Waals surface area contributed by atoms with Crippen LogP contribution in [0.2, 0.25) is 0 Å². The summed E-state index contributed by atoms with van der Waals surface area (Å²) in [6, 6.07) is 0. The highest BCUT2D eigenvalue weighted by atomic mass is 32.2. The Morgan fingerprint density at radius 1 is 0.547 bits per heavy atom. The van der Waals surface area contributed by atoms with Crippen LogP contribution < -0.4 is 0 Å². The van der Waals surface area contributed by atoms with E-state index in [0.717, 1.165) is 57.8 Å². The Morgan fingerprint density at radius 2 is 0.984 bits per heavy atom. The van der Waals surface area contributed by atoms with E-state index >= 15 is 0 Å². The van der Waals surface area contributed by atoms with Crippen molar-refractivity contribution in [1.82, 2.24) is 0 Å². The number of aliphatic hydroxyl groups excluding tert-OH is 3. The van der Waals surface area contributed by atoms with Crippen LogP contribution in [0.15, 0.2) is 72.9 Å². The Balaban J connectivity index is 2.46. The van der Waals surface area contributed by atoms with Crippen LogP contribution in [0, 0.1) is 0 Å². The Morgan fingerprint density at radius 3 is 1.44 bits per heavy atom. The standard InChI is InChI=1S/C51H86O12S/c1-3-5-7-9-11-13-15-17-19-21-22-24-25-27-29-31-33-35-37-39-46(52)60-41-44(42-61-51-50(56)49(55)48(54)45(63-51)43-64(57,58)59)62-47(53)40-38-36-34-32-30-28-26-23-20-18-16-14-12-10-8-6-4-2/h5,7,11,13,17,19,22,24,27,29,33,35,44-45,48-51,54-56H,3-4,6,8-10,12,14-16,18,20-21,23,25-26,28,30-32,34,36-43H2,1-2H3,(H,57,58,59)/b7-5+,13-11+,19-17+,24-22+,29-27+,35-33+/t44-,45-,48-,49?,50?,51+/m1/s1. The Bertz CT molecular complexity index is 1450. The molecule has 12 nitrogen and oxygen atoms in total. The van der Waals surface area contributed by atoms with Crippen LogP contribution in [0.25, 0.3) is 0 Å². The maximum Gasteiger partial charge on any atom is 0.306 e. The molecule has 1 rings (SSSR count). The number of allylic oxidation sites excluding steroid dienone is 12. The highest BCUT2D eigenvalue weighted by molar-refractivity contribution is 7.85. The third-order valence-corrected chi connectivity index (χ3v) is 11.6. The second kappa shape index (κ2) is 40.4. The number of hydrogen-bond donors (Lipinski definition) is 4. The number of aliphatic hydroxyl groups is 3. The van der Waals surface area contributed by atoms with Gasteiger partial charge >= 0.3 is 11.9 Å². The van der Waals surface area contributed by atoms with Crippen molar-refractivity contribution >= 4 is 22.1 Å². The van der Waals surface area contributed by atoms with E-state index in [1.807, 2.05) is 12.2 Å². The van der Waals surface area contributed by atoms with Crippen LogP contribution in [0.1, 0.15) is 181 Å². The predicted octanol–water partition coefficient (Wildman–Crippen LogP) is 10.7. The fourth-order valence-corrected chi connectivity index (χ4v) is 7.75. The molecule has 0 bridgehead atoms. The first-order valence-electron chi connectivity index (χ1n) is 24.5. The molecule has 1 aliphatic rings. The number of ether oxygens (including phenoxy) is 4. The summed E-state index contributed by atoms with van der Waals surface area (Å²) in [5.74, 6) is -2.09. The van der Waals surface area contributed by atoms with E-state index in [0.29, 0.717) is 12.8 Å². The lowest BCUT2D eigenvalue weighted by Gasteiger charge is -2.40. The van der Waals surface area contributed by atoms with E-state index in [2.05, 4.69) is 74.6 Å². The summed E-state index contributed by atoms with van der Waals surface area (Å²) in [6.07, 6.45) is 42.4. The molecule has 6 atom stereocenters. The Labute approximate surface area is 387 Å². The number of unbranched alkanes of at least 4 members (excludes halogenated alkanes) is 16. The second-order valence-corrected chi connectivity index (χ2v) is 18.2. The quantitative estimate of drug-likeness (QED) is 0.0198. The number of hydrogen-bond acceptors (Lipinski definition) is 11. The van der Waals surface area contributed by atoms with Crippen molar-refractivity contribution in [3.63, 3.8) is 0 Å². The largest absolute Gasteiger partial charge is 0.462 e. The summed E-state index contributed by atoms with van der Waals surface area (Å²) in [6.45, 7) is 3.59. The maximum atomic E-state index is 12.8. The Hall–Kier alpha value is -2.91. The summed E-state index contributed by atoms with van der Waals surface area (Å²) in [4.78, 5) is 25.4. The monoisotopic (exact) mass is 923 g/mol. The number of esters is 2. The first kappa shape index (κ1) is 59.1. The van der Waals surface area contributed by atoms with Gasteiger partial charge in [-0.2, -0.15) is 8.42 Å². The van der Waals surface area contributed by atoms with Crippen molar-refractivity contribution in [2.75, 3.05) is 19.0 Å². The SMILES string of the molecule is CC/C=C/C/C=C/C/C=C/C/C=C/C/C=C/C/C=C/CCC(=O)OC[C@H](CO[C@H]1O[C@H](CS(=O)(=O)O)[C@@H](O)C(O)C1O)OC(=O)CCCCCCCCCCCCCCCCCCC. The number of rotatable bonds is 40. The molecule has 0 saturated carbocycles. The van der Waals surface area contributed by atoms with Gasteiger partial charge in [0.2, 0.25) is 0 Å².